The predicted octanol–water partition coefficient (Wildman–Crippen LogP) is 4.40. The first-order valence-electron chi connectivity index (χ1n) is 9.15. The van der Waals surface area contributed by atoms with Gasteiger partial charge >= 0.3 is 6.09 Å². The number of nitrogens with one attached hydrogen (secondary N) is 2. The van der Waals surface area contributed by atoms with Crippen molar-refractivity contribution in [2.45, 2.75) is 77.5 Å². The maximum absolute atomic E-state index is 11.9. The summed E-state index contributed by atoms with van der Waals surface area (Å²) in [5.41, 5.74) is -0.457. The fourth-order valence-corrected chi connectivity index (χ4v) is 3.35. The minimum Gasteiger partial charge on any atom is -0.468 e. The normalized spacial score (nSPS) is 22.8. The van der Waals surface area contributed by atoms with Gasteiger partial charge in [-0.25, -0.2) is 4.79 Å². The molecular weight excluding hydrogens is 304 g/mol. The number of alkyl carbamates (subject to hydrolysis) is 1. The Hall–Kier alpha value is -1.49. The van der Waals surface area contributed by atoms with Crippen LogP contribution in [-0.2, 0) is 4.74 Å². The van der Waals surface area contributed by atoms with Gasteiger partial charge in [0.2, 0.25) is 0 Å². The summed E-state index contributed by atoms with van der Waals surface area (Å²) in [6, 6.07) is 4.58. The molecule has 136 valence electrons. The highest BCUT2D eigenvalue weighted by Crippen LogP contribution is 2.28. The van der Waals surface area contributed by atoms with Crippen molar-refractivity contribution in [3.05, 3.63) is 24.2 Å². The molecule has 1 amide bonds. The summed E-state index contributed by atoms with van der Waals surface area (Å²) in [7, 11) is 0. The molecule has 1 saturated carbocycles. The number of furan rings is 1. The summed E-state index contributed by atoms with van der Waals surface area (Å²) in [6.07, 6.45) is 7.09. The smallest absolute Gasteiger partial charge is 0.407 e. The van der Waals surface area contributed by atoms with Crippen LogP contribution < -0.4 is 10.6 Å². The van der Waals surface area contributed by atoms with Gasteiger partial charge in [0.15, 0.2) is 0 Å². The summed E-state index contributed by atoms with van der Waals surface area (Å²) in [6.45, 7) is 8.46. The fraction of sp³-hybridized carbons (Fsp3) is 0.737. The summed E-state index contributed by atoms with van der Waals surface area (Å²) in [5, 5.41) is 6.68. The van der Waals surface area contributed by atoms with Crippen molar-refractivity contribution in [3.63, 3.8) is 0 Å². The van der Waals surface area contributed by atoms with Crippen molar-refractivity contribution in [1.29, 1.82) is 0 Å². The van der Waals surface area contributed by atoms with E-state index in [1.54, 1.807) is 6.26 Å². The quantitative estimate of drug-likeness (QED) is 0.808. The lowest BCUT2D eigenvalue weighted by molar-refractivity contribution is 0.0509. The van der Waals surface area contributed by atoms with E-state index in [-0.39, 0.29) is 12.1 Å². The van der Waals surface area contributed by atoms with Crippen molar-refractivity contribution in [2.75, 3.05) is 6.54 Å². The van der Waals surface area contributed by atoms with Crippen molar-refractivity contribution in [1.82, 2.24) is 10.6 Å². The molecule has 3 atom stereocenters. The molecule has 24 heavy (non-hydrogen) atoms. The van der Waals surface area contributed by atoms with Crippen molar-refractivity contribution < 1.29 is 13.9 Å². The van der Waals surface area contributed by atoms with Crippen LogP contribution in [0.4, 0.5) is 4.79 Å². The number of hydrogen-bond acceptors (Lipinski definition) is 4. The van der Waals surface area contributed by atoms with Gasteiger partial charge in [-0.05, 0) is 58.1 Å². The molecule has 3 unspecified atom stereocenters. The van der Waals surface area contributed by atoms with Crippen LogP contribution in [0.2, 0.25) is 0 Å². The zero-order chi connectivity index (χ0) is 17.6. The highest BCUT2D eigenvalue weighted by molar-refractivity contribution is 5.67. The predicted molar refractivity (Wildman–Crippen MR) is 94.9 cm³/mol. The molecular formula is C19H32N2O3. The number of hydrogen-bond donors (Lipinski definition) is 2. The van der Waals surface area contributed by atoms with Crippen LogP contribution >= 0.6 is 0 Å². The van der Waals surface area contributed by atoms with Crippen molar-refractivity contribution in [2.24, 2.45) is 5.92 Å². The number of ether oxygens (including phenoxy) is 1. The largest absolute Gasteiger partial charge is 0.468 e. The highest BCUT2D eigenvalue weighted by atomic mass is 16.6. The van der Waals surface area contributed by atoms with E-state index >= 15 is 0 Å². The van der Waals surface area contributed by atoms with E-state index in [2.05, 4.69) is 17.6 Å². The lowest BCUT2D eigenvalue weighted by Gasteiger charge is -2.35. The lowest BCUT2D eigenvalue weighted by Crippen LogP contribution is -2.46. The molecule has 0 aromatic carbocycles. The van der Waals surface area contributed by atoms with Gasteiger partial charge in [0.05, 0.1) is 12.3 Å². The Morgan fingerprint density at radius 1 is 1.38 bits per heavy atom. The SMILES string of the molecule is CCC(NC1CCCCC1CNC(=O)OC(C)(C)C)c1ccco1. The Morgan fingerprint density at radius 2 is 2.12 bits per heavy atom. The topological polar surface area (TPSA) is 63.5 Å². The van der Waals surface area contributed by atoms with Crippen LogP contribution in [0.3, 0.4) is 0 Å². The maximum atomic E-state index is 11.9. The first-order valence-corrected chi connectivity index (χ1v) is 9.15. The van der Waals surface area contributed by atoms with E-state index < -0.39 is 5.60 Å². The second kappa shape index (κ2) is 8.56. The van der Waals surface area contributed by atoms with Gasteiger partial charge in [0.1, 0.15) is 11.4 Å². The van der Waals surface area contributed by atoms with E-state index in [0.29, 0.717) is 18.5 Å². The number of amides is 1. The monoisotopic (exact) mass is 336 g/mol. The van der Waals surface area contributed by atoms with E-state index in [9.17, 15) is 4.79 Å². The molecule has 5 nitrogen and oxygen atoms in total. The van der Waals surface area contributed by atoms with Crippen LogP contribution in [0.1, 0.15) is 71.6 Å². The Morgan fingerprint density at radius 3 is 2.75 bits per heavy atom. The van der Waals surface area contributed by atoms with Gasteiger partial charge < -0.3 is 19.8 Å². The van der Waals surface area contributed by atoms with E-state index in [1.807, 2.05) is 32.9 Å². The standard InChI is InChI=1S/C19H32N2O3/c1-5-15(17-11-8-12-23-17)21-16-10-7-6-9-14(16)13-20-18(22)24-19(2,3)4/h8,11-12,14-16,21H,5-7,9-10,13H2,1-4H3,(H,20,22). The average molecular weight is 336 g/mol. The number of carbonyl (C=O) groups excluding carboxylic acids is 1. The van der Waals surface area contributed by atoms with E-state index in [1.165, 1.54) is 12.8 Å². The molecule has 1 fully saturated rings. The van der Waals surface area contributed by atoms with Gasteiger partial charge in [-0.3, -0.25) is 0 Å². The third-order valence-corrected chi connectivity index (χ3v) is 4.53. The van der Waals surface area contributed by atoms with Crippen LogP contribution in [-0.4, -0.2) is 24.3 Å². The first-order chi connectivity index (χ1) is 11.4. The second-order valence-corrected chi connectivity index (χ2v) is 7.68. The zero-order valence-electron chi connectivity index (χ0n) is 15.4. The summed E-state index contributed by atoms with van der Waals surface area (Å²) >= 11 is 0. The van der Waals surface area contributed by atoms with E-state index in [4.69, 9.17) is 9.15 Å². The molecule has 1 heterocycles. The Kier molecular flexibility index (Phi) is 6.72. The molecule has 2 rings (SSSR count). The van der Waals surface area contributed by atoms with Crippen LogP contribution in [0.5, 0.6) is 0 Å². The van der Waals surface area contributed by atoms with Crippen LogP contribution in [0.15, 0.2) is 22.8 Å². The molecule has 1 aromatic rings. The Bertz CT molecular complexity index is 493. The summed E-state index contributed by atoms with van der Waals surface area (Å²) < 4.78 is 10.9. The zero-order valence-corrected chi connectivity index (χ0v) is 15.4. The van der Waals surface area contributed by atoms with Crippen molar-refractivity contribution >= 4 is 6.09 Å². The fourth-order valence-electron chi connectivity index (χ4n) is 3.35. The Balaban J connectivity index is 1.89. The molecule has 0 aliphatic heterocycles. The van der Waals surface area contributed by atoms with Crippen molar-refractivity contribution in [3.8, 4) is 0 Å². The highest BCUT2D eigenvalue weighted by Gasteiger charge is 2.28. The van der Waals surface area contributed by atoms with Gasteiger partial charge in [0, 0.05) is 12.6 Å². The molecule has 0 spiro atoms. The molecule has 0 radical (unpaired) electrons. The van der Waals surface area contributed by atoms with Gasteiger partial charge in [-0.15, -0.1) is 0 Å². The number of carbonyl (C=O) groups is 1. The maximum Gasteiger partial charge on any atom is 0.407 e. The minimum atomic E-state index is -0.457. The molecule has 0 saturated heterocycles. The third kappa shape index (κ3) is 5.86. The number of rotatable bonds is 6. The van der Waals surface area contributed by atoms with Gasteiger partial charge in [-0.2, -0.15) is 0 Å². The molecule has 2 N–H and O–H groups in total. The summed E-state index contributed by atoms with van der Waals surface area (Å²) in [5.74, 6) is 1.41. The molecule has 5 heteroatoms. The molecule has 1 aliphatic rings. The van der Waals surface area contributed by atoms with Gasteiger partial charge in [0.25, 0.3) is 0 Å². The lowest BCUT2D eigenvalue weighted by atomic mass is 9.83. The molecule has 1 aromatic heterocycles. The van der Waals surface area contributed by atoms with Crippen LogP contribution in [0, 0.1) is 5.92 Å². The minimum absolute atomic E-state index is 0.229. The Labute approximate surface area is 145 Å². The molecule has 1 aliphatic carbocycles. The summed E-state index contributed by atoms with van der Waals surface area (Å²) in [4.78, 5) is 11.9. The van der Waals surface area contributed by atoms with Crippen LogP contribution in [0.25, 0.3) is 0 Å². The third-order valence-electron chi connectivity index (χ3n) is 4.53. The first kappa shape index (κ1) is 18.8. The van der Waals surface area contributed by atoms with Gasteiger partial charge in [-0.1, -0.05) is 19.8 Å². The average Bonchev–Trinajstić information content (AvgIpc) is 3.04. The van der Waals surface area contributed by atoms with E-state index in [0.717, 1.165) is 25.0 Å². The second-order valence-electron chi connectivity index (χ2n) is 7.68. The molecule has 0 bridgehead atoms.